The lowest BCUT2D eigenvalue weighted by molar-refractivity contribution is 0.0945. The van der Waals surface area contributed by atoms with Crippen LogP contribution in [0.25, 0.3) is 5.69 Å². The van der Waals surface area contributed by atoms with E-state index in [9.17, 15) is 4.79 Å². The number of benzene rings is 2. The number of hydrogen-bond acceptors (Lipinski definition) is 4. The highest BCUT2D eigenvalue weighted by atomic mass is 35.5. The molecular formula is C19H20ClN5O. The first-order valence-electron chi connectivity index (χ1n) is 8.25. The monoisotopic (exact) mass is 369 g/mol. The topological polar surface area (TPSA) is 72.7 Å². The largest absolute Gasteiger partial charge is 0.351 e. The fourth-order valence-electron chi connectivity index (χ4n) is 2.74. The van der Waals surface area contributed by atoms with Crippen molar-refractivity contribution in [1.29, 1.82) is 0 Å². The number of aryl methyl sites for hydroxylation is 1. The van der Waals surface area contributed by atoms with Crippen LogP contribution < -0.4 is 5.32 Å². The van der Waals surface area contributed by atoms with Gasteiger partial charge in [0.05, 0.1) is 5.69 Å². The predicted molar refractivity (Wildman–Crippen MR) is 101 cm³/mol. The van der Waals surface area contributed by atoms with Gasteiger partial charge >= 0.3 is 0 Å². The molecule has 2 aromatic carbocycles. The molecule has 0 fully saturated rings. The number of aromatic nitrogens is 4. The molecule has 0 aliphatic rings. The van der Waals surface area contributed by atoms with Crippen LogP contribution in [-0.4, -0.2) is 32.7 Å². The molecule has 134 valence electrons. The van der Waals surface area contributed by atoms with Gasteiger partial charge in [-0.3, -0.25) is 4.79 Å². The number of tetrazole rings is 1. The van der Waals surface area contributed by atoms with E-state index in [-0.39, 0.29) is 11.3 Å². The molecule has 0 spiro atoms. The number of rotatable bonds is 5. The minimum absolute atomic E-state index is 0.119. The van der Waals surface area contributed by atoms with Crippen LogP contribution in [0.5, 0.6) is 0 Å². The third-order valence-corrected chi connectivity index (χ3v) is 4.59. The Morgan fingerprint density at radius 3 is 2.69 bits per heavy atom. The summed E-state index contributed by atoms with van der Waals surface area (Å²) in [6.07, 6.45) is 1.52. The van der Waals surface area contributed by atoms with Gasteiger partial charge in [0.1, 0.15) is 6.33 Å². The SMILES string of the molecule is Cc1cc(C(=O)NCC(C)(C)c2cccc(Cl)c2)ccc1-n1cnnn1. The lowest BCUT2D eigenvalue weighted by Gasteiger charge is -2.26. The molecule has 0 unspecified atom stereocenters. The second-order valence-electron chi connectivity index (χ2n) is 6.83. The molecule has 1 heterocycles. The lowest BCUT2D eigenvalue weighted by Crippen LogP contribution is -2.36. The summed E-state index contributed by atoms with van der Waals surface area (Å²) in [4.78, 5) is 12.6. The molecule has 3 aromatic rings. The fourth-order valence-corrected chi connectivity index (χ4v) is 2.93. The van der Waals surface area contributed by atoms with Crippen molar-refractivity contribution in [1.82, 2.24) is 25.5 Å². The van der Waals surface area contributed by atoms with Crippen molar-refractivity contribution in [2.24, 2.45) is 0 Å². The Balaban J connectivity index is 1.71. The van der Waals surface area contributed by atoms with Gasteiger partial charge < -0.3 is 5.32 Å². The van der Waals surface area contributed by atoms with E-state index in [1.54, 1.807) is 10.7 Å². The Bertz CT molecular complexity index is 921. The van der Waals surface area contributed by atoms with Crippen molar-refractivity contribution in [2.45, 2.75) is 26.2 Å². The Hall–Kier alpha value is -2.73. The minimum Gasteiger partial charge on any atom is -0.351 e. The first-order valence-corrected chi connectivity index (χ1v) is 8.63. The van der Waals surface area contributed by atoms with Crippen molar-refractivity contribution >= 4 is 17.5 Å². The maximum Gasteiger partial charge on any atom is 0.251 e. The molecule has 0 saturated heterocycles. The summed E-state index contributed by atoms with van der Waals surface area (Å²) in [6, 6.07) is 13.1. The number of carbonyl (C=O) groups is 1. The summed E-state index contributed by atoms with van der Waals surface area (Å²) >= 11 is 6.08. The molecule has 0 aliphatic heterocycles. The van der Waals surface area contributed by atoms with Gasteiger partial charge in [0.15, 0.2) is 0 Å². The number of amides is 1. The first kappa shape index (κ1) is 18.1. The molecule has 6 nitrogen and oxygen atoms in total. The van der Waals surface area contributed by atoms with Crippen molar-refractivity contribution in [3.05, 3.63) is 70.5 Å². The van der Waals surface area contributed by atoms with Gasteiger partial charge in [-0.15, -0.1) is 5.10 Å². The van der Waals surface area contributed by atoms with Crippen LogP contribution >= 0.6 is 11.6 Å². The highest BCUT2D eigenvalue weighted by molar-refractivity contribution is 6.30. The molecule has 0 bridgehead atoms. The van der Waals surface area contributed by atoms with Gasteiger partial charge in [0.25, 0.3) is 5.91 Å². The Morgan fingerprint density at radius 2 is 2.04 bits per heavy atom. The van der Waals surface area contributed by atoms with Crippen LogP contribution in [0.4, 0.5) is 0 Å². The molecule has 1 aromatic heterocycles. The van der Waals surface area contributed by atoms with Gasteiger partial charge in [-0.25, -0.2) is 4.68 Å². The summed E-state index contributed by atoms with van der Waals surface area (Å²) in [6.45, 7) is 6.57. The van der Waals surface area contributed by atoms with Crippen molar-refractivity contribution in [2.75, 3.05) is 6.54 Å². The number of halogens is 1. The second kappa shape index (κ2) is 7.25. The van der Waals surface area contributed by atoms with Crippen LogP contribution in [0.1, 0.15) is 35.3 Å². The summed E-state index contributed by atoms with van der Waals surface area (Å²) in [7, 11) is 0. The Kier molecular flexibility index (Phi) is 5.04. The van der Waals surface area contributed by atoms with E-state index in [1.807, 2.05) is 43.3 Å². The smallest absolute Gasteiger partial charge is 0.251 e. The predicted octanol–water partition coefficient (Wildman–Crippen LogP) is 3.33. The van der Waals surface area contributed by atoms with Crippen LogP contribution in [-0.2, 0) is 5.41 Å². The number of hydrogen-bond donors (Lipinski definition) is 1. The molecule has 1 N–H and O–H groups in total. The maximum atomic E-state index is 12.6. The van der Waals surface area contributed by atoms with E-state index in [2.05, 4.69) is 34.7 Å². The van der Waals surface area contributed by atoms with Gasteiger partial charge in [-0.05, 0) is 58.8 Å². The van der Waals surface area contributed by atoms with Crippen LogP contribution in [0, 0.1) is 6.92 Å². The normalized spacial score (nSPS) is 11.4. The first-order chi connectivity index (χ1) is 12.4. The molecule has 0 atom stereocenters. The maximum absolute atomic E-state index is 12.6. The highest BCUT2D eigenvalue weighted by Crippen LogP contribution is 2.25. The third-order valence-electron chi connectivity index (χ3n) is 4.35. The molecule has 3 rings (SSSR count). The van der Waals surface area contributed by atoms with Crippen LogP contribution in [0.3, 0.4) is 0 Å². The van der Waals surface area contributed by atoms with E-state index in [0.717, 1.165) is 16.8 Å². The summed E-state index contributed by atoms with van der Waals surface area (Å²) < 4.78 is 1.57. The van der Waals surface area contributed by atoms with Crippen molar-refractivity contribution in [3.63, 3.8) is 0 Å². The molecular weight excluding hydrogens is 350 g/mol. The minimum atomic E-state index is -0.234. The zero-order valence-corrected chi connectivity index (χ0v) is 15.7. The van der Waals surface area contributed by atoms with Gasteiger partial charge in [0.2, 0.25) is 0 Å². The standard InChI is InChI=1S/C19H20ClN5O/c1-13-9-14(7-8-17(13)25-12-22-23-24-25)18(26)21-11-19(2,3)15-5-4-6-16(20)10-15/h4-10,12H,11H2,1-3H3,(H,21,26). The van der Waals surface area contributed by atoms with E-state index in [1.165, 1.54) is 6.33 Å². The molecule has 7 heteroatoms. The zero-order valence-electron chi connectivity index (χ0n) is 14.9. The molecule has 26 heavy (non-hydrogen) atoms. The zero-order chi connectivity index (χ0) is 18.7. The van der Waals surface area contributed by atoms with Crippen LogP contribution in [0.15, 0.2) is 48.8 Å². The number of carbonyl (C=O) groups excluding carboxylic acids is 1. The van der Waals surface area contributed by atoms with E-state index in [0.29, 0.717) is 17.1 Å². The van der Waals surface area contributed by atoms with Gasteiger partial charge in [-0.1, -0.05) is 37.6 Å². The second-order valence-corrected chi connectivity index (χ2v) is 7.27. The number of nitrogens with one attached hydrogen (secondary N) is 1. The summed E-state index contributed by atoms with van der Waals surface area (Å²) in [5.74, 6) is -0.119. The van der Waals surface area contributed by atoms with E-state index in [4.69, 9.17) is 11.6 Å². The number of nitrogens with zero attached hydrogens (tertiary/aromatic N) is 4. The molecule has 0 saturated carbocycles. The fraction of sp³-hybridized carbons (Fsp3) is 0.263. The van der Waals surface area contributed by atoms with Crippen LogP contribution in [0.2, 0.25) is 5.02 Å². The molecule has 0 radical (unpaired) electrons. The Morgan fingerprint density at radius 1 is 1.23 bits per heavy atom. The molecule has 1 amide bonds. The third kappa shape index (κ3) is 3.91. The van der Waals surface area contributed by atoms with Crippen molar-refractivity contribution < 1.29 is 4.79 Å². The average molecular weight is 370 g/mol. The van der Waals surface area contributed by atoms with Gasteiger partial charge in [0, 0.05) is 22.5 Å². The molecule has 0 aliphatic carbocycles. The summed E-state index contributed by atoms with van der Waals surface area (Å²) in [5, 5.41) is 14.8. The van der Waals surface area contributed by atoms with E-state index < -0.39 is 0 Å². The van der Waals surface area contributed by atoms with E-state index >= 15 is 0 Å². The lowest BCUT2D eigenvalue weighted by atomic mass is 9.84. The van der Waals surface area contributed by atoms with Gasteiger partial charge in [-0.2, -0.15) is 0 Å². The summed E-state index contributed by atoms with van der Waals surface area (Å²) in [5.41, 5.74) is 3.20. The van der Waals surface area contributed by atoms with Crippen molar-refractivity contribution in [3.8, 4) is 5.69 Å². The average Bonchev–Trinajstić information content (AvgIpc) is 3.14. The Labute approximate surface area is 157 Å². The highest BCUT2D eigenvalue weighted by Gasteiger charge is 2.22. The quantitative estimate of drug-likeness (QED) is 0.748.